The maximum atomic E-state index is 12.8. The van der Waals surface area contributed by atoms with Gasteiger partial charge in [0, 0.05) is 5.69 Å². The summed E-state index contributed by atoms with van der Waals surface area (Å²) in [4.78, 5) is 39.0. The van der Waals surface area contributed by atoms with Crippen molar-refractivity contribution in [3.63, 3.8) is 0 Å². The number of hydrogen-bond donors (Lipinski definition) is 1. The molecule has 3 aromatic rings. The summed E-state index contributed by atoms with van der Waals surface area (Å²) in [5.74, 6) is -0.254. The number of rotatable bonds is 7. The van der Waals surface area contributed by atoms with Gasteiger partial charge in [-0.1, -0.05) is 48.5 Å². The van der Waals surface area contributed by atoms with E-state index in [4.69, 9.17) is 4.74 Å². The predicted octanol–water partition coefficient (Wildman–Crippen LogP) is 5.56. The van der Waals surface area contributed by atoms with Crippen LogP contribution in [0.25, 0.3) is 6.08 Å². The van der Waals surface area contributed by atoms with E-state index in [-0.39, 0.29) is 11.4 Å². The molecule has 1 aliphatic heterocycles. The Morgan fingerprint density at radius 3 is 2.44 bits per heavy atom. The molecule has 0 bridgehead atoms. The lowest BCUT2D eigenvalue weighted by molar-refractivity contribution is -0.127. The lowest BCUT2D eigenvalue weighted by Gasteiger charge is -2.13. The number of amides is 3. The van der Waals surface area contributed by atoms with Crippen LogP contribution >= 0.6 is 11.8 Å². The summed E-state index contributed by atoms with van der Waals surface area (Å²) in [6.07, 6.45) is 1.64. The first-order valence-electron chi connectivity index (χ1n) is 10.8. The molecule has 1 aliphatic rings. The van der Waals surface area contributed by atoms with Crippen molar-refractivity contribution in [2.45, 2.75) is 20.5 Å². The van der Waals surface area contributed by atoms with Gasteiger partial charge in [-0.05, 0) is 78.2 Å². The highest BCUT2D eigenvalue weighted by Gasteiger charge is 2.36. The van der Waals surface area contributed by atoms with Gasteiger partial charge in [0.1, 0.15) is 18.9 Å². The van der Waals surface area contributed by atoms with Gasteiger partial charge in [0.2, 0.25) is 5.91 Å². The van der Waals surface area contributed by atoms with E-state index in [1.165, 1.54) is 0 Å². The molecule has 0 atom stereocenters. The first kappa shape index (κ1) is 23.3. The van der Waals surface area contributed by atoms with Crippen molar-refractivity contribution >= 4 is 40.6 Å². The number of aryl methyl sites for hydroxylation is 2. The number of benzene rings is 3. The van der Waals surface area contributed by atoms with Gasteiger partial charge in [-0.2, -0.15) is 0 Å². The normalized spacial score (nSPS) is 14.5. The first-order chi connectivity index (χ1) is 16.4. The van der Waals surface area contributed by atoms with E-state index in [2.05, 4.69) is 5.32 Å². The summed E-state index contributed by atoms with van der Waals surface area (Å²) >= 11 is 0.824. The average molecular weight is 473 g/mol. The lowest BCUT2D eigenvalue weighted by atomic mass is 10.1. The van der Waals surface area contributed by atoms with Crippen LogP contribution < -0.4 is 10.1 Å². The van der Waals surface area contributed by atoms with Crippen LogP contribution in [-0.2, 0) is 16.2 Å². The second-order valence-corrected chi connectivity index (χ2v) is 9.03. The van der Waals surface area contributed by atoms with Crippen LogP contribution in [0.15, 0.2) is 77.7 Å². The van der Waals surface area contributed by atoms with Crippen LogP contribution in [0.1, 0.15) is 22.3 Å². The van der Waals surface area contributed by atoms with Gasteiger partial charge >= 0.3 is 0 Å². The molecule has 0 saturated carbocycles. The molecule has 3 amide bonds. The highest BCUT2D eigenvalue weighted by molar-refractivity contribution is 8.18. The van der Waals surface area contributed by atoms with Crippen molar-refractivity contribution in [1.29, 1.82) is 0 Å². The smallest absolute Gasteiger partial charge is 0.294 e. The fourth-order valence-corrected chi connectivity index (χ4v) is 4.45. The molecule has 7 heteroatoms. The minimum atomic E-state index is -0.485. The van der Waals surface area contributed by atoms with Crippen molar-refractivity contribution in [3.8, 4) is 5.75 Å². The van der Waals surface area contributed by atoms with Crippen LogP contribution in [0.3, 0.4) is 0 Å². The van der Waals surface area contributed by atoms with Crippen molar-refractivity contribution in [3.05, 3.63) is 100.0 Å². The van der Waals surface area contributed by atoms with E-state index in [9.17, 15) is 14.4 Å². The molecule has 0 radical (unpaired) electrons. The van der Waals surface area contributed by atoms with Crippen LogP contribution in [-0.4, -0.2) is 28.5 Å². The molecular weight excluding hydrogens is 448 g/mol. The third-order valence-electron chi connectivity index (χ3n) is 5.08. The zero-order chi connectivity index (χ0) is 24.1. The Hall–Kier alpha value is -3.84. The number of nitrogens with zero attached hydrogens (tertiary/aromatic N) is 1. The van der Waals surface area contributed by atoms with Gasteiger partial charge in [0.25, 0.3) is 11.1 Å². The third kappa shape index (κ3) is 5.94. The maximum absolute atomic E-state index is 12.8. The Kier molecular flexibility index (Phi) is 7.13. The van der Waals surface area contributed by atoms with Crippen LogP contribution in [0.4, 0.5) is 10.5 Å². The molecule has 1 heterocycles. The number of ether oxygens (including phenoxy) is 1. The molecule has 1 fully saturated rings. The largest absolute Gasteiger partial charge is 0.489 e. The van der Waals surface area contributed by atoms with E-state index >= 15 is 0 Å². The summed E-state index contributed by atoms with van der Waals surface area (Å²) in [6.45, 7) is 3.96. The molecule has 6 nitrogen and oxygen atoms in total. The van der Waals surface area contributed by atoms with E-state index < -0.39 is 17.1 Å². The quantitative estimate of drug-likeness (QED) is 0.456. The van der Waals surface area contributed by atoms with Gasteiger partial charge < -0.3 is 10.1 Å². The molecule has 0 aliphatic carbocycles. The minimum Gasteiger partial charge on any atom is -0.489 e. The average Bonchev–Trinajstić information content (AvgIpc) is 3.05. The van der Waals surface area contributed by atoms with Gasteiger partial charge in [0.05, 0.1) is 4.91 Å². The number of nitrogens with one attached hydrogen (secondary N) is 1. The second-order valence-electron chi connectivity index (χ2n) is 8.04. The van der Waals surface area contributed by atoms with Gasteiger partial charge in [0.15, 0.2) is 0 Å². The molecule has 3 aromatic carbocycles. The summed E-state index contributed by atoms with van der Waals surface area (Å²) in [5.41, 5.74) is 4.44. The molecule has 34 heavy (non-hydrogen) atoms. The topological polar surface area (TPSA) is 75.7 Å². The SMILES string of the molecule is Cc1cc(C)cc(NC(=O)CN2C(=O)S/C(=C/c3cccc(OCc4ccccc4)c3)C2=O)c1. The maximum Gasteiger partial charge on any atom is 0.294 e. The Bertz CT molecular complexity index is 1250. The van der Waals surface area contributed by atoms with Crippen LogP contribution in [0.5, 0.6) is 5.75 Å². The summed E-state index contributed by atoms with van der Waals surface area (Å²) in [6, 6.07) is 22.8. The molecule has 4 rings (SSSR count). The molecule has 172 valence electrons. The monoisotopic (exact) mass is 472 g/mol. The number of carbonyl (C=O) groups is 3. The highest BCUT2D eigenvalue weighted by atomic mass is 32.2. The molecule has 1 N–H and O–H groups in total. The van der Waals surface area contributed by atoms with Crippen molar-refractivity contribution in [2.24, 2.45) is 0 Å². The highest BCUT2D eigenvalue weighted by Crippen LogP contribution is 2.32. The summed E-state index contributed by atoms with van der Waals surface area (Å²) < 4.78 is 5.84. The van der Waals surface area contributed by atoms with Gasteiger partial charge in [-0.15, -0.1) is 0 Å². The van der Waals surface area contributed by atoms with E-state index in [1.807, 2.05) is 86.6 Å². The third-order valence-corrected chi connectivity index (χ3v) is 5.99. The minimum absolute atomic E-state index is 0.268. The number of imide groups is 1. The van der Waals surface area contributed by atoms with E-state index in [0.29, 0.717) is 18.0 Å². The predicted molar refractivity (Wildman–Crippen MR) is 134 cm³/mol. The Labute approximate surface area is 202 Å². The van der Waals surface area contributed by atoms with Crippen molar-refractivity contribution in [1.82, 2.24) is 4.90 Å². The zero-order valence-corrected chi connectivity index (χ0v) is 19.7. The summed E-state index contributed by atoms with van der Waals surface area (Å²) in [5, 5.41) is 2.29. The number of anilines is 1. The fraction of sp³-hybridized carbons (Fsp3) is 0.148. The molecular formula is C27H24N2O4S. The Morgan fingerprint density at radius 1 is 0.971 bits per heavy atom. The Morgan fingerprint density at radius 2 is 1.71 bits per heavy atom. The fourth-order valence-electron chi connectivity index (χ4n) is 3.61. The van der Waals surface area contributed by atoms with Crippen LogP contribution in [0.2, 0.25) is 0 Å². The number of thioether (sulfide) groups is 1. The number of hydrogen-bond acceptors (Lipinski definition) is 5. The first-order valence-corrected chi connectivity index (χ1v) is 11.6. The van der Waals surface area contributed by atoms with Crippen LogP contribution in [0, 0.1) is 13.8 Å². The van der Waals surface area contributed by atoms with Gasteiger partial charge in [-0.3, -0.25) is 19.3 Å². The second kappa shape index (κ2) is 10.4. The molecule has 1 saturated heterocycles. The van der Waals surface area contributed by atoms with E-state index in [1.54, 1.807) is 6.08 Å². The van der Waals surface area contributed by atoms with Crippen molar-refractivity contribution < 1.29 is 19.1 Å². The lowest BCUT2D eigenvalue weighted by Crippen LogP contribution is -2.36. The van der Waals surface area contributed by atoms with E-state index in [0.717, 1.165) is 38.9 Å². The molecule has 0 spiro atoms. The Balaban J connectivity index is 1.40. The standard InChI is InChI=1S/C27H24N2O4S/c1-18-11-19(2)13-22(12-18)28-25(30)16-29-26(31)24(34-27(29)32)15-21-9-6-10-23(14-21)33-17-20-7-4-3-5-8-20/h3-15H,16-17H2,1-2H3,(H,28,30)/b24-15+. The molecule has 0 unspecified atom stereocenters. The number of carbonyl (C=O) groups excluding carboxylic acids is 3. The van der Waals surface area contributed by atoms with Gasteiger partial charge in [-0.25, -0.2) is 0 Å². The summed E-state index contributed by atoms with van der Waals surface area (Å²) in [7, 11) is 0. The molecule has 0 aromatic heterocycles. The zero-order valence-electron chi connectivity index (χ0n) is 18.9. The van der Waals surface area contributed by atoms with Crippen molar-refractivity contribution in [2.75, 3.05) is 11.9 Å².